The fourth-order valence-electron chi connectivity index (χ4n) is 4.12. The predicted molar refractivity (Wildman–Crippen MR) is 101 cm³/mol. The van der Waals surface area contributed by atoms with Crippen LogP contribution in [0.5, 0.6) is 0 Å². The van der Waals surface area contributed by atoms with E-state index in [0.29, 0.717) is 6.04 Å². The van der Waals surface area contributed by atoms with E-state index in [2.05, 4.69) is 19.9 Å². The lowest BCUT2D eigenvalue weighted by atomic mass is 9.93. The van der Waals surface area contributed by atoms with Crippen LogP contribution < -0.4 is 0 Å². The second kappa shape index (κ2) is 6.49. The summed E-state index contributed by atoms with van der Waals surface area (Å²) in [6.45, 7) is 1.95. The van der Waals surface area contributed by atoms with Crippen molar-refractivity contribution in [2.24, 2.45) is 0 Å². The molecule has 3 aromatic rings. The zero-order chi connectivity index (χ0) is 17.5. The summed E-state index contributed by atoms with van der Waals surface area (Å²) < 4.78 is 0. The van der Waals surface area contributed by atoms with Gasteiger partial charge in [-0.2, -0.15) is 0 Å². The van der Waals surface area contributed by atoms with Crippen LogP contribution in [0.2, 0.25) is 5.02 Å². The molecule has 1 aliphatic carbocycles. The number of aromatic amines is 1. The zero-order valence-corrected chi connectivity index (χ0v) is 15.2. The molecule has 5 nitrogen and oxygen atoms in total. The van der Waals surface area contributed by atoms with Crippen LogP contribution in [-0.4, -0.2) is 37.4 Å². The fourth-order valence-corrected chi connectivity index (χ4v) is 4.35. The molecule has 1 aromatic carbocycles. The van der Waals surface area contributed by atoms with Gasteiger partial charge in [0.1, 0.15) is 5.82 Å². The minimum absolute atomic E-state index is 0.527. The van der Waals surface area contributed by atoms with E-state index in [1.807, 2.05) is 24.3 Å². The predicted octanol–water partition coefficient (Wildman–Crippen LogP) is 3.44. The number of halogens is 1. The molecule has 1 N–H and O–H groups in total. The van der Waals surface area contributed by atoms with Crippen LogP contribution in [0, 0.1) is 0 Å². The van der Waals surface area contributed by atoms with Crippen molar-refractivity contribution in [2.75, 3.05) is 6.54 Å². The second-order valence-electron chi connectivity index (χ2n) is 7.06. The van der Waals surface area contributed by atoms with Crippen molar-refractivity contribution in [3.8, 4) is 11.4 Å². The first kappa shape index (κ1) is 16.0. The number of nitrogens with zero attached hydrogens (tertiary/aromatic N) is 4. The summed E-state index contributed by atoms with van der Waals surface area (Å²) in [6, 6.07) is 8.39. The average molecular weight is 366 g/mol. The first-order chi connectivity index (χ1) is 12.8. The summed E-state index contributed by atoms with van der Waals surface area (Å²) in [5, 5.41) is 0.734. The Balaban J connectivity index is 1.37. The van der Waals surface area contributed by atoms with Crippen molar-refractivity contribution < 1.29 is 0 Å². The zero-order valence-electron chi connectivity index (χ0n) is 14.5. The third-order valence-corrected chi connectivity index (χ3v) is 5.84. The summed E-state index contributed by atoms with van der Waals surface area (Å²) in [5.41, 5.74) is 5.69. The molecule has 1 atom stereocenters. The number of benzene rings is 1. The molecule has 1 unspecified atom stereocenters. The van der Waals surface area contributed by atoms with E-state index in [4.69, 9.17) is 16.6 Å². The van der Waals surface area contributed by atoms with Crippen molar-refractivity contribution in [1.29, 1.82) is 0 Å². The molecule has 2 aromatic heterocycles. The second-order valence-corrected chi connectivity index (χ2v) is 7.46. The highest BCUT2D eigenvalue weighted by atomic mass is 35.5. The topological polar surface area (TPSA) is 57.7 Å². The fraction of sp³-hybridized carbons (Fsp3) is 0.350. The van der Waals surface area contributed by atoms with Crippen LogP contribution in [0.25, 0.3) is 11.4 Å². The van der Waals surface area contributed by atoms with E-state index in [1.54, 1.807) is 12.4 Å². The molecule has 0 fully saturated rings. The maximum Gasteiger partial charge on any atom is 0.139 e. The highest BCUT2D eigenvalue weighted by Gasteiger charge is 2.29. The molecule has 0 spiro atoms. The molecule has 6 heteroatoms. The molecular weight excluding hydrogens is 346 g/mol. The number of hydrogen-bond donors (Lipinski definition) is 1. The average Bonchev–Trinajstić information content (AvgIpc) is 3.11. The van der Waals surface area contributed by atoms with Gasteiger partial charge in [0.25, 0.3) is 0 Å². The normalized spacial score (nSPS) is 19.8. The lowest BCUT2D eigenvalue weighted by Gasteiger charge is -2.36. The third kappa shape index (κ3) is 2.81. The maximum absolute atomic E-state index is 6.34. The first-order valence-electron chi connectivity index (χ1n) is 9.13. The van der Waals surface area contributed by atoms with Gasteiger partial charge in [0.05, 0.1) is 27.8 Å². The van der Waals surface area contributed by atoms with Gasteiger partial charge < -0.3 is 4.98 Å². The van der Waals surface area contributed by atoms with Gasteiger partial charge in [0.2, 0.25) is 0 Å². The largest absolute Gasteiger partial charge is 0.340 e. The molecule has 0 radical (unpaired) electrons. The van der Waals surface area contributed by atoms with E-state index in [1.165, 1.54) is 17.1 Å². The van der Waals surface area contributed by atoms with Crippen molar-refractivity contribution in [2.45, 2.75) is 38.3 Å². The van der Waals surface area contributed by atoms with Crippen LogP contribution in [0.3, 0.4) is 0 Å². The molecule has 26 heavy (non-hydrogen) atoms. The van der Waals surface area contributed by atoms with Crippen LogP contribution >= 0.6 is 11.6 Å². The van der Waals surface area contributed by atoms with Crippen LogP contribution in [-0.2, 0) is 25.8 Å². The van der Waals surface area contributed by atoms with Gasteiger partial charge in [-0.1, -0.05) is 23.7 Å². The van der Waals surface area contributed by atoms with E-state index in [9.17, 15) is 0 Å². The number of nitrogens with one attached hydrogen (secondary N) is 1. The molecule has 0 saturated carbocycles. The number of fused-ring (bicyclic) bond motifs is 2. The number of H-pyrrole nitrogens is 1. The smallest absolute Gasteiger partial charge is 0.139 e. The molecular formula is C20H20ClN5. The monoisotopic (exact) mass is 365 g/mol. The number of hydrogen-bond acceptors (Lipinski definition) is 4. The molecule has 1 aliphatic heterocycles. The summed E-state index contributed by atoms with van der Waals surface area (Å²) in [6.07, 6.45) is 7.73. The Morgan fingerprint density at radius 1 is 1.04 bits per heavy atom. The van der Waals surface area contributed by atoms with Crippen molar-refractivity contribution in [1.82, 2.24) is 24.8 Å². The summed E-state index contributed by atoms with van der Waals surface area (Å²) in [5.74, 6) is 0.877. The minimum Gasteiger partial charge on any atom is -0.340 e. The lowest BCUT2D eigenvalue weighted by Crippen LogP contribution is -2.42. The van der Waals surface area contributed by atoms with Gasteiger partial charge >= 0.3 is 0 Å². The van der Waals surface area contributed by atoms with E-state index >= 15 is 0 Å². The van der Waals surface area contributed by atoms with E-state index in [0.717, 1.165) is 60.9 Å². The highest BCUT2D eigenvalue weighted by Crippen LogP contribution is 2.30. The Morgan fingerprint density at radius 2 is 1.88 bits per heavy atom. The highest BCUT2D eigenvalue weighted by molar-refractivity contribution is 6.33. The SMILES string of the molecule is Clc1ccccc1-c1nc2c([nH]1)CN(C1CCc3nccnc3C1)CC2. The third-order valence-electron chi connectivity index (χ3n) is 5.51. The Bertz CT molecular complexity index is 951. The minimum atomic E-state index is 0.527. The van der Waals surface area contributed by atoms with Gasteiger partial charge in [-0.3, -0.25) is 14.9 Å². The molecule has 0 amide bonds. The van der Waals surface area contributed by atoms with Crippen molar-refractivity contribution >= 4 is 11.6 Å². The van der Waals surface area contributed by atoms with Gasteiger partial charge in [-0.25, -0.2) is 4.98 Å². The summed E-state index contributed by atoms with van der Waals surface area (Å²) >= 11 is 6.34. The molecule has 2 aliphatic rings. The summed E-state index contributed by atoms with van der Waals surface area (Å²) in [4.78, 5) is 19.9. The van der Waals surface area contributed by atoms with Crippen molar-refractivity contribution in [3.05, 3.63) is 64.5 Å². The Labute approximate surface area is 157 Å². The quantitative estimate of drug-likeness (QED) is 0.755. The van der Waals surface area contributed by atoms with Gasteiger partial charge in [-0.15, -0.1) is 0 Å². The standard InChI is InChI=1S/C20H20ClN5/c21-15-4-2-1-3-14(15)20-24-17-7-10-26(12-19(17)25-20)13-5-6-16-18(11-13)23-9-8-22-16/h1-4,8-9,13H,5-7,10-12H2,(H,24,25). The lowest BCUT2D eigenvalue weighted by molar-refractivity contribution is 0.159. The Hall–Kier alpha value is -2.24. The number of imidazole rings is 1. The number of aromatic nitrogens is 4. The molecule has 0 saturated heterocycles. The molecule has 3 heterocycles. The van der Waals surface area contributed by atoms with Crippen LogP contribution in [0.15, 0.2) is 36.7 Å². The van der Waals surface area contributed by atoms with E-state index in [-0.39, 0.29) is 0 Å². The summed E-state index contributed by atoms with van der Waals surface area (Å²) in [7, 11) is 0. The number of aryl methyl sites for hydroxylation is 1. The number of rotatable bonds is 2. The molecule has 5 rings (SSSR count). The Morgan fingerprint density at radius 3 is 2.77 bits per heavy atom. The molecule has 132 valence electrons. The maximum atomic E-state index is 6.34. The first-order valence-corrected chi connectivity index (χ1v) is 9.51. The van der Waals surface area contributed by atoms with E-state index < -0.39 is 0 Å². The van der Waals surface area contributed by atoms with Gasteiger partial charge in [0, 0.05) is 49.9 Å². The van der Waals surface area contributed by atoms with Gasteiger partial charge in [0.15, 0.2) is 0 Å². The molecule has 0 bridgehead atoms. The van der Waals surface area contributed by atoms with Crippen LogP contribution in [0.1, 0.15) is 29.2 Å². The van der Waals surface area contributed by atoms with Gasteiger partial charge in [-0.05, 0) is 25.0 Å². The van der Waals surface area contributed by atoms with Crippen molar-refractivity contribution in [3.63, 3.8) is 0 Å². The van der Waals surface area contributed by atoms with Crippen LogP contribution in [0.4, 0.5) is 0 Å². The Kier molecular flexibility index (Phi) is 3.98.